The highest BCUT2D eigenvalue weighted by molar-refractivity contribution is 5.99. The zero-order chi connectivity index (χ0) is 15.7. The van der Waals surface area contributed by atoms with Gasteiger partial charge in [-0.1, -0.05) is 0 Å². The molecule has 0 aliphatic carbocycles. The van der Waals surface area contributed by atoms with E-state index >= 15 is 0 Å². The number of amides is 1. The summed E-state index contributed by atoms with van der Waals surface area (Å²) in [5, 5.41) is 11.9. The highest BCUT2D eigenvalue weighted by Gasteiger charge is 2.44. The van der Waals surface area contributed by atoms with Crippen LogP contribution in [0.3, 0.4) is 0 Å². The van der Waals surface area contributed by atoms with E-state index in [2.05, 4.69) is 10.3 Å². The summed E-state index contributed by atoms with van der Waals surface area (Å²) in [4.78, 5) is 37.3. The molecule has 6 nitrogen and oxygen atoms in total. The van der Waals surface area contributed by atoms with Gasteiger partial charge in [0, 0.05) is 11.8 Å². The molecule has 0 bridgehead atoms. The van der Waals surface area contributed by atoms with E-state index in [4.69, 9.17) is 0 Å². The van der Waals surface area contributed by atoms with Gasteiger partial charge < -0.3 is 15.4 Å². The second kappa shape index (κ2) is 5.11. The number of aromatic amines is 1. The summed E-state index contributed by atoms with van der Waals surface area (Å²) in [6, 6.07) is 1.45. The predicted octanol–water partition coefficient (Wildman–Crippen LogP) is 1.84. The van der Waals surface area contributed by atoms with Crippen LogP contribution in [0.5, 0.6) is 0 Å². The Morgan fingerprint density at radius 3 is 2.15 bits per heavy atom. The first kappa shape index (κ1) is 15.9. The Hall–Kier alpha value is -2.11. The zero-order valence-electron chi connectivity index (χ0n) is 12.3. The van der Waals surface area contributed by atoms with Gasteiger partial charge in [0.1, 0.15) is 5.69 Å². The molecule has 0 saturated carbocycles. The quantitative estimate of drug-likeness (QED) is 0.716. The van der Waals surface area contributed by atoms with E-state index in [9.17, 15) is 19.5 Å². The maximum Gasteiger partial charge on any atom is 0.311 e. The first-order chi connectivity index (χ1) is 8.99. The van der Waals surface area contributed by atoms with Crippen molar-refractivity contribution in [3.63, 3.8) is 0 Å². The van der Waals surface area contributed by atoms with Gasteiger partial charge in [-0.15, -0.1) is 0 Å². The van der Waals surface area contributed by atoms with E-state index in [1.165, 1.54) is 19.2 Å². The van der Waals surface area contributed by atoms with Crippen molar-refractivity contribution in [1.29, 1.82) is 0 Å². The van der Waals surface area contributed by atoms with Crippen molar-refractivity contribution in [2.75, 3.05) is 0 Å². The lowest BCUT2D eigenvalue weighted by Crippen LogP contribution is -2.57. The molecule has 0 radical (unpaired) electrons. The molecule has 0 aromatic carbocycles. The molecule has 1 heterocycles. The summed E-state index contributed by atoms with van der Waals surface area (Å²) in [6.07, 6.45) is 1.45. The Morgan fingerprint density at radius 1 is 1.20 bits per heavy atom. The van der Waals surface area contributed by atoms with Crippen LogP contribution in [-0.2, 0) is 4.79 Å². The second-order valence-electron chi connectivity index (χ2n) is 5.87. The number of hydrogen-bond acceptors (Lipinski definition) is 3. The van der Waals surface area contributed by atoms with Crippen molar-refractivity contribution in [3.8, 4) is 0 Å². The van der Waals surface area contributed by atoms with Crippen LogP contribution >= 0.6 is 0 Å². The van der Waals surface area contributed by atoms with Crippen LogP contribution in [0.2, 0.25) is 0 Å². The van der Waals surface area contributed by atoms with Gasteiger partial charge in [0.05, 0.1) is 11.0 Å². The first-order valence-corrected chi connectivity index (χ1v) is 6.24. The van der Waals surface area contributed by atoms with Crippen molar-refractivity contribution >= 4 is 17.7 Å². The molecule has 0 aliphatic rings. The summed E-state index contributed by atoms with van der Waals surface area (Å²) >= 11 is 0. The molecule has 0 fully saturated rings. The average Bonchev–Trinajstić information content (AvgIpc) is 2.77. The standard InChI is InChI=1S/C14H20N2O4/c1-8(17)9-6-10(15-7-9)11(18)16-14(4,5)13(2,3)12(19)20/h6-7,15H,1-5H3,(H,16,18)(H,19,20). The topological polar surface area (TPSA) is 99.3 Å². The van der Waals surface area contributed by atoms with Gasteiger partial charge >= 0.3 is 5.97 Å². The van der Waals surface area contributed by atoms with Crippen molar-refractivity contribution in [3.05, 3.63) is 23.5 Å². The summed E-state index contributed by atoms with van der Waals surface area (Å²) in [5.74, 6) is -1.60. The van der Waals surface area contributed by atoms with Crippen LogP contribution in [0, 0.1) is 5.41 Å². The lowest BCUT2D eigenvalue weighted by atomic mass is 9.74. The van der Waals surface area contributed by atoms with Crippen molar-refractivity contribution in [2.45, 2.75) is 40.2 Å². The summed E-state index contributed by atoms with van der Waals surface area (Å²) in [5.41, 5.74) is -1.47. The van der Waals surface area contributed by atoms with E-state index in [0.717, 1.165) is 0 Å². The third kappa shape index (κ3) is 2.89. The number of hydrogen-bond donors (Lipinski definition) is 3. The maximum atomic E-state index is 12.1. The zero-order valence-corrected chi connectivity index (χ0v) is 12.3. The first-order valence-electron chi connectivity index (χ1n) is 6.24. The largest absolute Gasteiger partial charge is 0.481 e. The molecule has 110 valence electrons. The van der Waals surface area contributed by atoms with Crippen LogP contribution in [0.15, 0.2) is 12.3 Å². The van der Waals surface area contributed by atoms with Crippen molar-refractivity contribution in [1.82, 2.24) is 10.3 Å². The molecule has 3 N–H and O–H groups in total. The Labute approximate surface area is 117 Å². The molecular weight excluding hydrogens is 260 g/mol. The molecule has 1 rings (SSSR count). The molecule has 0 unspecified atom stereocenters. The van der Waals surface area contributed by atoms with Gasteiger partial charge in [-0.3, -0.25) is 14.4 Å². The number of carboxylic acid groups (broad SMARTS) is 1. The smallest absolute Gasteiger partial charge is 0.311 e. The van der Waals surface area contributed by atoms with Crippen LogP contribution in [0.25, 0.3) is 0 Å². The van der Waals surface area contributed by atoms with Crippen molar-refractivity contribution in [2.24, 2.45) is 5.41 Å². The van der Waals surface area contributed by atoms with E-state index in [-0.39, 0.29) is 11.5 Å². The van der Waals surface area contributed by atoms with Gasteiger partial charge in [0.2, 0.25) is 0 Å². The minimum atomic E-state index is -1.14. The highest BCUT2D eigenvalue weighted by Crippen LogP contribution is 2.30. The number of aromatic nitrogens is 1. The lowest BCUT2D eigenvalue weighted by molar-refractivity contribution is -0.150. The van der Waals surface area contributed by atoms with Gasteiger partial charge in [-0.25, -0.2) is 0 Å². The summed E-state index contributed by atoms with van der Waals surface area (Å²) < 4.78 is 0. The van der Waals surface area contributed by atoms with E-state index in [1.807, 2.05) is 0 Å². The van der Waals surface area contributed by atoms with Crippen LogP contribution in [-0.4, -0.2) is 33.3 Å². The number of nitrogens with one attached hydrogen (secondary N) is 2. The van der Waals surface area contributed by atoms with Crippen LogP contribution in [0.1, 0.15) is 55.5 Å². The second-order valence-corrected chi connectivity index (χ2v) is 5.87. The number of ketones is 1. The molecule has 1 amide bonds. The molecule has 0 aliphatic heterocycles. The minimum Gasteiger partial charge on any atom is -0.481 e. The molecule has 0 spiro atoms. The van der Waals surface area contributed by atoms with Gasteiger partial charge in [0.15, 0.2) is 5.78 Å². The Balaban J connectivity index is 2.94. The summed E-state index contributed by atoms with van der Waals surface area (Å²) in [6.45, 7) is 7.79. The number of carbonyl (C=O) groups excluding carboxylic acids is 2. The SMILES string of the molecule is CC(=O)c1c[nH]c(C(=O)NC(C)(C)C(C)(C)C(=O)O)c1. The molecule has 0 saturated heterocycles. The Kier molecular flexibility index (Phi) is 4.07. The van der Waals surface area contributed by atoms with E-state index in [1.54, 1.807) is 27.7 Å². The fraction of sp³-hybridized carbons (Fsp3) is 0.500. The van der Waals surface area contributed by atoms with Gasteiger partial charge in [-0.05, 0) is 40.7 Å². The number of carbonyl (C=O) groups is 3. The van der Waals surface area contributed by atoms with Crippen LogP contribution < -0.4 is 5.32 Å². The fourth-order valence-electron chi connectivity index (χ4n) is 1.50. The third-order valence-electron chi connectivity index (χ3n) is 3.86. The normalized spacial score (nSPS) is 12.1. The fourth-order valence-corrected chi connectivity index (χ4v) is 1.50. The number of rotatable bonds is 5. The van der Waals surface area contributed by atoms with E-state index < -0.39 is 22.8 Å². The third-order valence-corrected chi connectivity index (χ3v) is 3.86. The average molecular weight is 280 g/mol. The summed E-state index contributed by atoms with van der Waals surface area (Å²) in [7, 11) is 0. The van der Waals surface area contributed by atoms with Crippen LogP contribution in [0.4, 0.5) is 0 Å². The molecule has 6 heteroatoms. The van der Waals surface area contributed by atoms with Gasteiger partial charge in [-0.2, -0.15) is 0 Å². The van der Waals surface area contributed by atoms with Crippen molar-refractivity contribution < 1.29 is 19.5 Å². The minimum absolute atomic E-state index is 0.148. The molecule has 0 atom stereocenters. The molecule has 1 aromatic heterocycles. The lowest BCUT2D eigenvalue weighted by Gasteiger charge is -2.38. The Bertz CT molecular complexity index is 555. The number of carboxylic acids is 1. The molecule has 20 heavy (non-hydrogen) atoms. The monoisotopic (exact) mass is 280 g/mol. The van der Waals surface area contributed by atoms with E-state index in [0.29, 0.717) is 5.56 Å². The maximum absolute atomic E-state index is 12.1. The van der Waals surface area contributed by atoms with Gasteiger partial charge in [0.25, 0.3) is 5.91 Å². The number of Topliss-reactive ketones (excluding diaryl/α,β-unsaturated/α-hetero) is 1. The number of aliphatic carboxylic acids is 1. The predicted molar refractivity (Wildman–Crippen MR) is 73.8 cm³/mol. The molecule has 1 aromatic rings. The number of H-pyrrole nitrogens is 1. The Morgan fingerprint density at radius 2 is 1.75 bits per heavy atom. The molecular formula is C14H20N2O4. The highest BCUT2D eigenvalue weighted by atomic mass is 16.4.